The minimum Gasteiger partial charge on any atom is -0.338 e. The molecule has 2 amide bonds. The van der Waals surface area contributed by atoms with Gasteiger partial charge in [0.05, 0.1) is 5.69 Å². The molecule has 0 fully saturated rings. The van der Waals surface area contributed by atoms with Crippen LogP contribution in [0.25, 0.3) is 5.69 Å². The van der Waals surface area contributed by atoms with Crippen LogP contribution in [0.5, 0.6) is 0 Å². The molecule has 0 unspecified atom stereocenters. The molecule has 0 aliphatic heterocycles. The second kappa shape index (κ2) is 6.65. The lowest BCUT2D eigenvalue weighted by Gasteiger charge is -2.11. The van der Waals surface area contributed by atoms with Crippen molar-refractivity contribution < 1.29 is 4.79 Å². The highest BCUT2D eigenvalue weighted by molar-refractivity contribution is 5.90. The zero-order chi connectivity index (χ0) is 14.4. The molecule has 0 radical (unpaired) electrons. The number of aromatic nitrogens is 4. The van der Waals surface area contributed by atoms with Crippen LogP contribution in [0.2, 0.25) is 0 Å². The largest absolute Gasteiger partial charge is 0.338 e. The van der Waals surface area contributed by atoms with E-state index in [1.54, 1.807) is 4.68 Å². The Balaban J connectivity index is 2.07. The molecule has 7 nitrogen and oxygen atoms in total. The summed E-state index contributed by atoms with van der Waals surface area (Å²) in [4.78, 5) is 11.8. The molecule has 0 spiro atoms. The first-order chi connectivity index (χ1) is 9.70. The number of rotatable bonds is 5. The number of carbonyl (C=O) groups is 1. The number of benzene rings is 1. The number of tetrazole rings is 1. The Morgan fingerprint density at radius 1 is 1.40 bits per heavy atom. The predicted octanol–water partition coefficient (Wildman–Crippen LogP) is 1.89. The van der Waals surface area contributed by atoms with Crippen molar-refractivity contribution in [3.8, 4) is 5.69 Å². The number of anilines is 1. The molecule has 1 heterocycles. The molecule has 0 aliphatic carbocycles. The summed E-state index contributed by atoms with van der Waals surface area (Å²) in [5, 5.41) is 16.7. The van der Waals surface area contributed by atoms with Crippen molar-refractivity contribution in [1.82, 2.24) is 25.5 Å². The van der Waals surface area contributed by atoms with Gasteiger partial charge in [0.1, 0.15) is 6.33 Å². The van der Waals surface area contributed by atoms with E-state index in [0.29, 0.717) is 6.54 Å². The van der Waals surface area contributed by atoms with Crippen LogP contribution < -0.4 is 10.6 Å². The van der Waals surface area contributed by atoms with E-state index >= 15 is 0 Å². The summed E-state index contributed by atoms with van der Waals surface area (Å²) in [5.41, 5.74) is 2.52. The third-order valence-electron chi connectivity index (χ3n) is 2.90. The zero-order valence-corrected chi connectivity index (χ0v) is 11.6. The summed E-state index contributed by atoms with van der Waals surface area (Å²) in [7, 11) is 0. The number of nitrogens with one attached hydrogen (secondary N) is 2. The molecule has 0 saturated carbocycles. The Morgan fingerprint density at radius 3 is 2.95 bits per heavy atom. The summed E-state index contributed by atoms with van der Waals surface area (Å²) >= 11 is 0. The smallest absolute Gasteiger partial charge is 0.319 e. The molecule has 1 aromatic heterocycles. The minimum absolute atomic E-state index is 0.199. The molecule has 0 saturated heterocycles. The molecule has 2 rings (SSSR count). The molecule has 0 aliphatic rings. The summed E-state index contributed by atoms with van der Waals surface area (Å²) in [6.07, 6.45) is 3.53. The van der Waals surface area contributed by atoms with Gasteiger partial charge in [0, 0.05) is 12.2 Å². The average molecular weight is 274 g/mol. The van der Waals surface area contributed by atoms with Crippen LogP contribution in [0.4, 0.5) is 10.5 Å². The van der Waals surface area contributed by atoms with Crippen molar-refractivity contribution in [2.45, 2.75) is 26.7 Å². The Labute approximate surface area is 117 Å². The molecule has 7 heteroatoms. The Bertz CT molecular complexity index is 566. The first-order valence-electron chi connectivity index (χ1n) is 6.59. The molecule has 2 N–H and O–H groups in total. The van der Waals surface area contributed by atoms with Crippen LogP contribution in [0.15, 0.2) is 24.5 Å². The molecule has 1 aromatic carbocycles. The molecule has 0 bridgehead atoms. The van der Waals surface area contributed by atoms with E-state index in [1.165, 1.54) is 6.33 Å². The first kappa shape index (κ1) is 14.0. The molecular weight excluding hydrogens is 256 g/mol. The van der Waals surface area contributed by atoms with Crippen molar-refractivity contribution in [3.05, 3.63) is 30.1 Å². The van der Waals surface area contributed by atoms with Crippen LogP contribution in [0.1, 0.15) is 25.3 Å². The van der Waals surface area contributed by atoms with E-state index in [1.807, 2.05) is 25.1 Å². The lowest BCUT2D eigenvalue weighted by Crippen LogP contribution is -2.29. The second-order valence-electron chi connectivity index (χ2n) is 4.49. The van der Waals surface area contributed by atoms with E-state index in [2.05, 4.69) is 33.1 Å². The zero-order valence-electron chi connectivity index (χ0n) is 11.6. The summed E-state index contributed by atoms with van der Waals surface area (Å²) in [6.45, 7) is 4.69. The standard InChI is InChI=1S/C13H18N6O/c1-3-4-7-14-13(20)16-12-8-11(6-5-10(12)2)19-9-15-17-18-19/h5-6,8-9H,3-4,7H2,1-2H3,(H2,14,16,20). The van der Waals surface area contributed by atoms with Gasteiger partial charge in [-0.2, -0.15) is 0 Å². The molecule has 20 heavy (non-hydrogen) atoms. The SMILES string of the molecule is CCCCNC(=O)Nc1cc(-n2cnnn2)ccc1C. The van der Waals surface area contributed by atoms with Gasteiger partial charge >= 0.3 is 6.03 Å². The number of amides is 2. The number of unbranched alkanes of at least 4 members (excludes halogenated alkanes) is 1. The van der Waals surface area contributed by atoms with Crippen LogP contribution >= 0.6 is 0 Å². The van der Waals surface area contributed by atoms with Crippen LogP contribution in [0, 0.1) is 6.92 Å². The molecule has 2 aromatic rings. The van der Waals surface area contributed by atoms with Crippen molar-refractivity contribution in [2.24, 2.45) is 0 Å². The topological polar surface area (TPSA) is 84.7 Å². The van der Waals surface area contributed by atoms with Crippen molar-refractivity contribution in [2.75, 3.05) is 11.9 Å². The third kappa shape index (κ3) is 3.53. The number of hydrogen-bond donors (Lipinski definition) is 2. The van der Waals surface area contributed by atoms with Gasteiger partial charge in [-0.15, -0.1) is 5.10 Å². The molecular formula is C13H18N6O. The normalized spacial score (nSPS) is 10.3. The lowest BCUT2D eigenvalue weighted by atomic mass is 10.2. The fraction of sp³-hybridized carbons (Fsp3) is 0.385. The predicted molar refractivity (Wildman–Crippen MR) is 75.8 cm³/mol. The van der Waals surface area contributed by atoms with Gasteiger partial charge in [-0.1, -0.05) is 19.4 Å². The van der Waals surface area contributed by atoms with Crippen LogP contribution in [-0.4, -0.2) is 32.8 Å². The number of hydrogen-bond acceptors (Lipinski definition) is 4. The maximum atomic E-state index is 11.8. The van der Waals surface area contributed by atoms with Gasteiger partial charge in [0.2, 0.25) is 0 Å². The number of nitrogens with zero attached hydrogens (tertiary/aromatic N) is 4. The summed E-state index contributed by atoms with van der Waals surface area (Å²) in [6, 6.07) is 5.45. The lowest BCUT2D eigenvalue weighted by molar-refractivity contribution is 0.252. The van der Waals surface area contributed by atoms with E-state index in [0.717, 1.165) is 29.8 Å². The van der Waals surface area contributed by atoms with Gasteiger partial charge in [-0.25, -0.2) is 9.48 Å². The van der Waals surface area contributed by atoms with Gasteiger partial charge in [0.15, 0.2) is 0 Å². The van der Waals surface area contributed by atoms with Crippen molar-refractivity contribution in [3.63, 3.8) is 0 Å². The fourth-order valence-electron chi connectivity index (χ4n) is 1.71. The maximum absolute atomic E-state index is 11.8. The van der Waals surface area contributed by atoms with Crippen LogP contribution in [0.3, 0.4) is 0 Å². The minimum atomic E-state index is -0.199. The molecule has 0 atom stereocenters. The Hall–Kier alpha value is -2.44. The Kier molecular flexibility index (Phi) is 4.65. The number of urea groups is 1. The van der Waals surface area contributed by atoms with E-state index in [-0.39, 0.29) is 6.03 Å². The highest BCUT2D eigenvalue weighted by atomic mass is 16.2. The highest BCUT2D eigenvalue weighted by Crippen LogP contribution is 2.18. The maximum Gasteiger partial charge on any atom is 0.319 e. The van der Waals surface area contributed by atoms with Gasteiger partial charge < -0.3 is 10.6 Å². The van der Waals surface area contributed by atoms with Gasteiger partial charge in [-0.05, 0) is 41.5 Å². The number of carbonyl (C=O) groups excluding carboxylic acids is 1. The third-order valence-corrected chi connectivity index (χ3v) is 2.90. The fourth-order valence-corrected chi connectivity index (χ4v) is 1.71. The highest BCUT2D eigenvalue weighted by Gasteiger charge is 2.06. The quantitative estimate of drug-likeness (QED) is 0.815. The average Bonchev–Trinajstić information content (AvgIpc) is 2.95. The summed E-state index contributed by atoms with van der Waals surface area (Å²) < 4.78 is 1.54. The monoisotopic (exact) mass is 274 g/mol. The second-order valence-corrected chi connectivity index (χ2v) is 4.49. The van der Waals surface area contributed by atoms with E-state index < -0.39 is 0 Å². The van der Waals surface area contributed by atoms with Gasteiger partial charge in [0.25, 0.3) is 0 Å². The molecule has 106 valence electrons. The van der Waals surface area contributed by atoms with Crippen molar-refractivity contribution in [1.29, 1.82) is 0 Å². The van der Waals surface area contributed by atoms with E-state index in [9.17, 15) is 4.79 Å². The van der Waals surface area contributed by atoms with Crippen LogP contribution in [-0.2, 0) is 0 Å². The first-order valence-corrected chi connectivity index (χ1v) is 6.59. The van der Waals surface area contributed by atoms with Gasteiger partial charge in [-0.3, -0.25) is 0 Å². The van der Waals surface area contributed by atoms with Crippen molar-refractivity contribution >= 4 is 11.7 Å². The van der Waals surface area contributed by atoms with E-state index in [4.69, 9.17) is 0 Å². The summed E-state index contributed by atoms with van der Waals surface area (Å²) in [5.74, 6) is 0. The number of aryl methyl sites for hydroxylation is 1. The Morgan fingerprint density at radius 2 is 2.25 bits per heavy atom.